The molecule has 3 rings (SSSR count). The Morgan fingerprint density at radius 1 is 0.750 bits per heavy atom. The van der Waals surface area contributed by atoms with Crippen LogP contribution in [0.3, 0.4) is 0 Å². The molecular weight excluding hydrogens is 296 g/mol. The molecule has 0 N–H and O–H groups in total. The average molecular weight is 335 g/mol. The maximum Gasteiger partial charge on any atom is 0.138 e. The summed E-state index contributed by atoms with van der Waals surface area (Å²) in [5.41, 5.74) is 0. The van der Waals surface area contributed by atoms with Crippen LogP contribution in [-0.2, 0) is 4.79 Å². The van der Waals surface area contributed by atoms with E-state index in [2.05, 4.69) is 30.6 Å². The average Bonchev–Trinajstić information content (AvgIpc) is 2.62. The fourth-order valence-corrected chi connectivity index (χ4v) is 5.21. The second kappa shape index (κ2) is 8.31. The third-order valence-corrected chi connectivity index (χ3v) is 7.02. The van der Waals surface area contributed by atoms with Crippen molar-refractivity contribution >= 4 is 5.78 Å². The Labute approximate surface area is 149 Å². The summed E-state index contributed by atoms with van der Waals surface area (Å²) in [6, 6.07) is 1.59. The highest BCUT2D eigenvalue weighted by Crippen LogP contribution is 2.32. The van der Waals surface area contributed by atoms with E-state index in [9.17, 15) is 4.79 Å². The Bertz CT molecular complexity index is 398. The van der Waals surface area contributed by atoms with Crippen LogP contribution >= 0.6 is 0 Å². The molecule has 2 heterocycles. The maximum atomic E-state index is 12.2. The molecule has 1 aliphatic carbocycles. The third kappa shape index (κ3) is 4.40. The van der Waals surface area contributed by atoms with E-state index < -0.39 is 0 Å². The largest absolute Gasteiger partial charge is 0.300 e. The van der Waals surface area contributed by atoms with E-state index in [1.54, 1.807) is 0 Å². The van der Waals surface area contributed by atoms with Crippen LogP contribution in [0.15, 0.2) is 0 Å². The van der Waals surface area contributed by atoms with Gasteiger partial charge in [-0.2, -0.15) is 0 Å². The van der Waals surface area contributed by atoms with E-state index in [-0.39, 0.29) is 5.92 Å². The molecule has 0 bridgehead atoms. The minimum atomic E-state index is 0.217. The Morgan fingerprint density at radius 3 is 1.71 bits per heavy atom. The SMILES string of the molecule is CC1CCN(C2CCN([C@H]3CC[C@@H](C(=O)C(C)C)CC3)CC2)CC1. The number of nitrogens with zero attached hydrogens (tertiary/aromatic N) is 2. The summed E-state index contributed by atoms with van der Waals surface area (Å²) in [6.07, 6.45) is 10.3. The van der Waals surface area contributed by atoms with Gasteiger partial charge in [-0.25, -0.2) is 0 Å². The van der Waals surface area contributed by atoms with Crippen LogP contribution in [0.4, 0.5) is 0 Å². The van der Waals surface area contributed by atoms with Crippen molar-refractivity contribution in [2.24, 2.45) is 17.8 Å². The molecule has 1 saturated carbocycles. The molecule has 138 valence electrons. The van der Waals surface area contributed by atoms with Gasteiger partial charge in [-0.1, -0.05) is 20.8 Å². The lowest BCUT2D eigenvalue weighted by molar-refractivity contribution is -0.127. The molecule has 0 aromatic carbocycles. The number of carbonyl (C=O) groups excluding carboxylic acids is 1. The van der Waals surface area contributed by atoms with E-state index >= 15 is 0 Å². The summed E-state index contributed by atoms with van der Waals surface area (Å²) in [5.74, 6) is 2.01. The van der Waals surface area contributed by atoms with Gasteiger partial charge in [0.15, 0.2) is 0 Å². The smallest absolute Gasteiger partial charge is 0.138 e. The molecule has 0 spiro atoms. The van der Waals surface area contributed by atoms with Gasteiger partial charge in [0.25, 0.3) is 0 Å². The van der Waals surface area contributed by atoms with Crippen LogP contribution in [-0.4, -0.2) is 53.8 Å². The maximum absolute atomic E-state index is 12.2. The standard InChI is InChI=1S/C21H38N2O/c1-16(2)21(24)18-4-6-19(7-5-18)23-14-10-20(11-15-23)22-12-8-17(3)9-13-22/h16-20H,4-15H2,1-3H3/t18-,19+. The minimum Gasteiger partial charge on any atom is -0.300 e. The fourth-order valence-electron chi connectivity index (χ4n) is 5.21. The third-order valence-electron chi connectivity index (χ3n) is 7.02. The van der Waals surface area contributed by atoms with Crippen LogP contribution in [0.5, 0.6) is 0 Å². The monoisotopic (exact) mass is 334 g/mol. The van der Waals surface area contributed by atoms with Gasteiger partial charge >= 0.3 is 0 Å². The lowest BCUT2D eigenvalue weighted by Gasteiger charge is -2.44. The molecule has 0 amide bonds. The van der Waals surface area contributed by atoms with Gasteiger partial charge in [-0.3, -0.25) is 4.79 Å². The van der Waals surface area contributed by atoms with Crippen molar-refractivity contribution in [3.63, 3.8) is 0 Å². The van der Waals surface area contributed by atoms with Gasteiger partial charge in [0.05, 0.1) is 0 Å². The number of hydrogen-bond acceptors (Lipinski definition) is 3. The zero-order chi connectivity index (χ0) is 17.1. The van der Waals surface area contributed by atoms with Crippen molar-refractivity contribution in [3.05, 3.63) is 0 Å². The highest BCUT2D eigenvalue weighted by atomic mass is 16.1. The summed E-state index contributed by atoms with van der Waals surface area (Å²) in [4.78, 5) is 17.7. The molecule has 3 fully saturated rings. The number of piperidine rings is 2. The second-order valence-corrected chi connectivity index (χ2v) is 9.05. The van der Waals surface area contributed by atoms with E-state index in [1.165, 1.54) is 64.7 Å². The molecule has 24 heavy (non-hydrogen) atoms. The number of carbonyl (C=O) groups is 1. The lowest BCUT2D eigenvalue weighted by Crippen LogP contribution is -2.50. The molecule has 0 unspecified atom stereocenters. The van der Waals surface area contributed by atoms with Crippen molar-refractivity contribution in [3.8, 4) is 0 Å². The molecular formula is C21H38N2O. The van der Waals surface area contributed by atoms with Crippen LogP contribution in [0.2, 0.25) is 0 Å². The van der Waals surface area contributed by atoms with Crippen molar-refractivity contribution in [1.82, 2.24) is 9.80 Å². The topological polar surface area (TPSA) is 23.6 Å². The predicted molar refractivity (Wildman–Crippen MR) is 100 cm³/mol. The highest BCUT2D eigenvalue weighted by Gasteiger charge is 2.33. The van der Waals surface area contributed by atoms with Crippen molar-refractivity contribution in [2.75, 3.05) is 26.2 Å². The number of likely N-dealkylation sites (tertiary alicyclic amines) is 2. The lowest BCUT2D eigenvalue weighted by atomic mass is 9.79. The van der Waals surface area contributed by atoms with Crippen LogP contribution < -0.4 is 0 Å². The molecule has 0 aromatic rings. The summed E-state index contributed by atoms with van der Waals surface area (Å²) in [6.45, 7) is 11.7. The molecule has 3 aliphatic rings. The first kappa shape index (κ1) is 18.4. The zero-order valence-electron chi connectivity index (χ0n) is 16.2. The van der Waals surface area contributed by atoms with Crippen LogP contribution in [0.1, 0.15) is 72.1 Å². The first-order chi connectivity index (χ1) is 11.5. The molecule has 2 aliphatic heterocycles. The molecule has 3 heteroatoms. The Morgan fingerprint density at radius 2 is 1.21 bits per heavy atom. The van der Waals surface area contributed by atoms with Gasteiger partial charge in [0.2, 0.25) is 0 Å². The zero-order valence-corrected chi connectivity index (χ0v) is 16.2. The fraction of sp³-hybridized carbons (Fsp3) is 0.952. The normalized spacial score (nSPS) is 32.3. The number of Topliss-reactive ketones (excluding diaryl/α,β-unsaturated/α-hetero) is 1. The molecule has 0 radical (unpaired) electrons. The molecule has 2 saturated heterocycles. The van der Waals surface area contributed by atoms with E-state index in [4.69, 9.17) is 0 Å². The molecule has 0 aromatic heterocycles. The summed E-state index contributed by atoms with van der Waals surface area (Å²) >= 11 is 0. The van der Waals surface area contributed by atoms with Crippen molar-refractivity contribution < 1.29 is 4.79 Å². The first-order valence-electron chi connectivity index (χ1n) is 10.6. The number of hydrogen-bond donors (Lipinski definition) is 0. The minimum absolute atomic E-state index is 0.217. The van der Waals surface area contributed by atoms with Crippen molar-refractivity contribution in [2.45, 2.75) is 84.2 Å². The predicted octanol–water partition coefficient (Wildman–Crippen LogP) is 3.97. The van der Waals surface area contributed by atoms with Gasteiger partial charge in [0, 0.05) is 23.9 Å². The number of ketones is 1. The summed E-state index contributed by atoms with van der Waals surface area (Å²) < 4.78 is 0. The summed E-state index contributed by atoms with van der Waals surface area (Å²) in [5, 5.41) is 0. The Kier molecular flexibility index (Phi) is 6.37. The van der Waals surface area contributed by atoms with Crippen LogP contribution in [0.25, 0.3) is 0 Å². The van der Waals surface area contributed by atoms with E-state index in [0.717, 1.165) is 30.8 Å². The quantitative estimate of drug-likeness (QED) is 0.777. The Hall–Kier alpha value is -0.410. The highest BCUT2D eigenvalue weighted by molar-refractivity contribution is 5.82. The second-order valence-electron chi connectivity index (χ2n) is 9.05. The summed E-state index contributed by atoms with van der Waals surface area (Å²) in [7, 11) is 0. The van der Waals surface area contributed by atoms with Gasteiger partial charge < -0.3 is 9.80 Å². The van der Waals surface area contributed by atoms with E-state index in [0.29, 0.717) is 11.7 Å². The Balaban J connectivity index is 1.40. The van der Waals surface area contributed by atoms with Gasteiger partial charge in [-0.15, -0.1) is 0 Å². The molecule has 3 nitrogen and oxygen atoms in total. The van der Waals surface area contributed by atoms with E-state index in [1.807, 2.05) is 0 Å². The van der Waals surface area contributed by atoms with Crippen molar-refractivity contribution in [1.29, 1.82) is 0 Å². The first-order valence-corrected chi connectivity index (χ1v) is 10.6. The molecule has 0 atom stereocenters. The van der Waals surface area contributed by atoms with Crippen LogP contribution in [0, 0.1) is 17.8 Å². The number of rotatable bonds is 4. The van der Waals surface area contributed by atoms with Gasteiger partial charge in [0.1, 0.15) is 5.78 Å². The van der Waals surface area contributed by atoms with Gasteiger partial charge in [-0.05, 0) is 83.5 Å².